The number of hydrogen-bond donors (Lipinski definition) is 1. The van der Waals surface area contributed by atoms with Gasteiger partial charge in [-0.25, -0.2) is 14.8 Å². The number of hydrogen-bond acceptors (Lipinski definition) is 5. The van der Waals surface area contributed by atoms with Crippen LogP contribution in [0.25, 0.3) is 0 Å². The minimum absolute atomic E-state index is 0.102. The van der Waals surface area contributed by atoms with E-state index in [1.54, 1.807) is 12.4 Å². The van der Waals surface area contributed by atoms with Crippen LogP contribution >= 0.6 is 0 Å². The number of urea groups is 1. The highest BCUT2D eigenvalue weighted by molar-refractivity contribution is 5.89. The molecule has 0 spiro atoms. The van der Waals surface area contributed by atoms with E-state index in [4.69, 9.17) is 0 Å². The minimum atomic E-state index is -0.105. The molecule has 0 bridgehead atoms. The first-order valence-electron chi connectivity index (χ1n) is 8.92. The van der Waals surface area contributed by atoms with Crippen LogP contribution in [0.15, 0.2) is 36.8 Å². The lowest BCUT2D eigenvalue weighted by Gasteiger charge is -2.34. The molecule has 1 N–H and O–H groups in total. The van der Waals surface area contributed by atoms with Crippen molar-refractivity contribution in [3.63, 3.8) is 0 Å². The molecule has 0 atom stereocenters. The van der Waals surface area contributed by atoms with Crippen molar-refractivity contribution < 1.29 is 4.79 Å². The normalized spacial score (nSPS) is 15.7. The third kappa shape index (κ3) is 4.76. The lowest BCUT2D eigenvalue weighted by atomic mass is 9.96. The Morgan fingerprint density at radius 1 is 1.08 bits per heavy atom. The van der Waals surface area contributed by atoms with Crippen LogP contribution in [0.3, 0.4) is 0 Å². The predicted octanol–water partition coefficient (Wildman–Crippen LogP) is 2.52. The second kappa shape index (κ2) is 7.78. The zero-order chi connectivity index (χ0) is 18.6. The van der Waals surface area contributed by atoms with E-state index in [1.165, 1.54) is 0 Å². The summed E-state index contributed by atoms with van der Waals surface area (Å²) in [6.07, 6.45) is 5.15. The summed E-state index contributed by atoms with van der Waals surface area (Å²) in [6, 6.07) is 5.85. The van der Waals surface area contributed by atoms with E-state index in [-0.39, 0.29) is 11.4 Å². The van der Waals surface area contributed by atoms with Crippen molar-refractivity contribution in [1.82, 2.24) is 24.8 Å². The molecule has 3 heterocycles. The number of carbonyl (C=O) groups is 1. The van der Waals surface area contributed by atoms with Gasteiger partial charge in [0.15, 0.2) is 0 Å². The van der Waals surface area contributed by atoms with Gasteiger partial charge in [-0.3, -0.25) is 9.88 Å². The van der Waals surface area contributed by atoms with Gasteiger partial charge in [-0.2, -0.15) is 0 Å². The highest BCUT2D eigenvalue weighted by atomic mass is 16.2. The van der Waals surface area contributed by atoms with Gasteiger partial charge in [0.25, 0.3) is 0 Å². The summed E-state index contributed by atoms with van der Waals surface area (Å²) in [5.74, 6) is 0.763. The lowest BCUT2D eigenvalue weighted by Crippen LogP contribution is -2.49. The molecule has 3 rings (SSSR count). The summed E-state index contributed by atoms with van der Waals surface area (Å²) in [5, 5.41) is 2.89. The Hall–Kier alpha value is -2.54. The van der Waals surface area contributed by atoms with Crippen molar-refractivity contribution in [2.24, 2.45) is 0 Å². The van der Waals surface area contributed by atoms with Crippen molar-refractivity contribution in [2.75, 3.05) is 31.5 Å². The smallest absolute Gasteiger partial charge is 0.322 e. The summed E-state index contributed by atoms with van der Waals surface area (Å²) in [4.78, 5) is 29.6. The summed E-state index contributed by atoms with van der Waals surface area (Å²) < 4.78 is 0. The van der Waals surface area contributed by atoms with Crippen LogP contribution in [0.5, 0.6) is 0 Å². The van der Waals surface area contributed by atoms with Crippen molar-refractivity contribution in [3.05, 3.63) is 48.3 Å². The van der Waals surface area contributed by atoms with Crippen LogP contribution in [0, 0.1) is 0 Å². The number of pyridine rings is 1. The number of aromatic nitrogens is 3. The molecule has 0 aliphatic carbocycles. The number of amides is 2. The SMILES string of the molecule is CC(C)(C)c1ncc(NC(=O)N2CCN(Cc3ccccn3)CC2)cn1. The van der Waals surface area contributed by atoms with E-state index in [1.807, 2.05) is 29.3 Å². The third-order valence-electron chi connectivity index (χ3n) is 4.35. The van der Waals surface area contributed by atoms with Crippen LogP contribution in [-0.4, -0.2) is 57.0 Å². The number of anilines is 1. The molecule has 2 aromatic heterocycles. The molecule has 0 saturated carbocycles. The van der Waals surface area contributed by atoms with E-state index >= 15 is 0 Å². The van der Waals surface area contributed by atoms with Crippen molar-refractivity contribution in [3.8, 4) is 0 Å². The molecule has 7 heteroatoms. The maximum absolute atomic E-state index is 12.4. The molecule has 138 valence electrons. The molecule has 26 heavy (non-hydrogen) atoms. The van der Waals surface area contributed by atoms with Gasteiger partial charge in [-0.1, -0.05) is 26.8 Å². The van der Waals surface area contributed by atoms with Crippen LogP contribution in [0.1, 0.15) is 32.3 Å². The maximum atomic E-state index is 12.4. The van der Waals surface area contributed by atoms with Crippen LogP contribution in [0.2, 0.25) is 0 Å². The number of piperazine rings is 1. The highest BCUT2D eigenvalue weighted by Crippen LogP contribution is 2.18. The molecule has 1 saturated heterocycles. The topological polar surface area (TPSA) is 74.2 Å². The monoisotopic (exact) mass is 354 g/mol. The van der Waals surface area contributed by atoms with E-state index in [0.717, 1.165) is 31.2 Å². The zero-order valence-corrected chi connectivity index (χ0v) is 15.6. The Morgan fingerprint density at radius 3 is 2.35 bits per heavy atom. The molecule has 7 nitrogen and oxygen atoms in total. The van der Waals surface area contributed by atoms with Gasteiger partial charge in [-0.05, 0) is 12.1 Å². The van der Waals surface area contributed by atoms with Gasteiger partial charge in [0.2, 0.25) is 0 Å². The number of carbonyl (C=O) groups excluding carboxylic acids is 1. The van der Waals surface area contributed by atoms with Crippen molar-refractivity contribution in [1.29, 1.82) is 0 Å². The fourth-order valence-electron chi connectivity index (χ4n) is 2.81. The number of nitrogens with zero attached hydrogens (tertiary/aromatic N) is 5. The molecule has 2 amide bonds. The van der Waals surface area contributed by atoms with Crippen LogP contribution in [-0.2, 0) is 12.0 Å². The van der Waals surface area contributed by atoms with Gasteiger partial charge in [-0.15, -0.1) is 0 Å². The minimum Gasteiger partial charge on any atom is -0.322 e. The second-order valence-corrected chi connectivity index (χ2v) is 7.56. The summed E-state index contributed by atoms with van der Waals surface area (Å²) in [5.41, 5.74) is 1.58. The second-order valence-electron chi connectivity index (χ2n) is 7.56. The summed E-state index contributed by atoms with van der Waals surface area (Å²) in [6.45, 7) is 10.1. The molecular weight excluding hydrogens is 328 g/mol. The molecule has 1 aliphatic heterocycles. The molecule has 0 unspecified atom stereocenters. The fraction of sp³-hybridized carbons (Fsp3) is 0.474. The van der Waals surface area contributed by atoms with E-state index in [2.05, 4.69) is 45.9 Å². The summed E-state index contributed by atoms with van der Waals surface area (Å²) in [7, 11) is 0. The van der Waals surface area contributed by atoms with E-state index < -0.39 is 0 Å². The first kappa shape index (κ1) is 18.3. The van der Waals surface area contributed by atoms with Crippen LogP contribution in [0.4, 0.5) is 10.5 Å². The van der Waals surface area contributed by atoms with Gasteiger partial charge in [0, 0.05) is 44.3 Å². The molecular formula is C19H26N6O. The van der Waals surface area contributed by atoms with Gasteiger partial charge >= 0.3 is 6.03 Å². The van der Waals surface area contributed by atoms with Gasteiger partial charge < -0.3 is 10.2 Å². The maximum Gasteiger partial charge on any atom is 0.322 e. The highest BCUT2D eigenvalue weighted by Gasteiger charge is 2.22. The average Bonchev–Trinajstić information content (AvgIpc) is 2.63. The number of rotatable bonds is 3. The molecule has 1 aliphatic rings. The molecule has 2 aromatic rings. The van der Waals surface area contributed by atoms with E-state index in [0.29, 0.717) is 18.8 Å². The van der Waals surface area contributed by atoms with Crippen molar-refractivity contribution >= 4 is 11.7 Å². The fourth-order valence-corrected chi connectivity index (χ4v) is 2.81. The predicted molar refractivity (Wildman–Crippen MR) is 101 cm³/mol. The zero-order valence-electron chi connectivity index (χ0n) is 15.6. The largest absolute Gasteiger partial charge is 0.322 e. The molecule has 1 fully saturated rings. The third-order valence-corrected chi connectivity index (χ3v) is 4.35. The summed E-state index contributed by atoms with van der Waals surface area (Å²) >= 11 is 0. The van der Waals surface area contributed by atoms with E-state index in [9.17, 15) is 4.79 Å². The Kier molecular flexibility index (Phi) is 5.46. The first-order valence-corrected chi connectivity index (χ1v) is 8.92. The van der Waals surface area contributed by atoms with Gasteiger partial charge in [0.1, 0.15) is 5.82 Å². The average molecular weight is 354 g/mol. The van der Waals surface area contributed by atoms with Crippen LogP contribution < -0.4 is 5.32 Å². The number of nitrogens with one attached hydrogen (secondary N) is 1. The first-order chi connectivity index (χ1) is 12.4. The molecule has 0 radical (unpaired) electrons. The molecule has 0 aromatic carbocycles. The lowest BCUT2D eigenvalue weighted by molar-refractivity contribution is 0.142. The Bertz CT molecular complexity index is 718. The Morgan fingerprint density at radius 2 is 1.77 bits per heavy atom. The Labute approximate surface area is 154 Å². The van der Waals surface area contributed by atoms with Gasteiger partial charge in [0.05, 0.1) is 23.8 Å². The van der Waals surface area contributed by atoms with Crippen molar-refractivity contribution in [2.45, 2.75) is 32.7 Å². The standard InChI is InChI=1S/C19H26N6O/c1-19(2,3)17-21-12-16(13-22-17)23-18(26)25-10-8-24(9-11-25)14-15-6-4-5-7-20-15/h4-7,12-13H,8-11,14H2,1-3H3,(H,23,26). The quantitative estimate of drug-likeness (QED) is 0.917. The Balaban J connectivity index is 1.49.